The van der Waals surface area contributed by atoms with E-state index in [1.807, 2.05) is 6.07 Å². The van der Waals surface area contributed by atoms with Gasteiger partial charge in [0, 0.05) is 11.7 Å². The van der Waals surface area contributed by atoms with Gasteiger partial charge in [0.15, 0.2) is 0 Å². The second-order valence-corrected chi connectivity index (χ2v) is 8.36. The van der Waals surface area contributed by atoms with Crippen molar-refractivity contribution in [2.45, 2.75) is 51.5 Å². The van der Waals surface area contributed by atoms with Crippen molar-refractivity contribution in [3.05, 3.63) is 23.8 Å². The van der Waals surface area contributed by atoms with Gasteiger partial charge in [0.2, 0.25) is 10.0 Å². The molecule has 1 fully saturated rings. The van der Waals surface area contributed by atoms with Crippen LogP contribution in [-0.2, 0) is 10.0 Å². The van der Waals surface area contributed by atoms with E-state index in [9.17, 15) is 8.42 Å². The van der Waals surface area contributed by atoms with E-state index in [0.717, 1.165) is 12.1 Å². The highest BCUT2D eigenvalue weighted by Crippen LogP contribution is 2.42. The van der Waals surface area contributed by atoms with Crippen LogP contribution in [0.3, 0.4) is 0 Å². The fourth-order valence-electron chi connectivity index (χ4n) is 3.30. The van der Waals surface area contributed by atoms with Crippen LogP contribution in [0.2, 0.25) is 0 Å². The van der Waals surface area contributed by atoms with E-state index in [0.29, 0.717) is 22.9 Å². The molecule has 1 aliphatic carbocycles. The van der Waals surface area contributed by atoms with Crippen molar-refractivity contribution in [2.75, 3.05) is 5.32 Å². The summed E-state index contributed by atoms with van der Waals surface area (Å²) < 4.78 is 23.1. The SMILES string of the molecule is Cc1ccc(NC2CC(C)(C)CC2C)cc1S(N)(=O)=O. The zero-order chi connectivity index (χ0) is 15.1. The van der Waals surface area contributed by atoms with E-state index in [2.05, 4.69) is 26.1 Å². The number of nitrogens with one attached hydrogen (secondary N) is 1. The van der Waals surface area contributed by atoms with Gasteiger partial charge in [0.05, 0.1) is 4.90 Å². The Bertz CT molecular complexity index is 608. The second kappa shape index (κ2) is 5.04. The first-order valence-corrected chi connectivity index (χ1v) is 8.53. The standard InChI is InChI=1S/C15H24N2O2S/c1-10-5-6-12(7-14(10)20(16,18)19)17-13-9-15(3,4)8-11(13)2/h5-7,11,13,17H,8-9H2,1-4H3,(H2,16,18,19). The minimum absolute atomic E-state index is 0.201. The summed E-state index contributed by atoms with van der Waals surface area (Å²) in [5, 5.41) is 8.72. The summed E-state index contributed by atoms with van der Waals surface area (Å²) in [6.45, 7) is 8.54. The van der Waals surface area contributed by atoms with Gasteiger partial charge in [-0.3, -0.25) is 0 Å². The van der Waals surface area contributed by atoms with Gasteiger partial charge < -0.3 is 5.32 Å². The molecule has 2 atom stereocenters. The number of nitrogens with two attached hydrogens (primary N) is 1. The molecule has 2 rings (SSSR count). The largest absolute Gasteiger partial charge is 0.382 e. The van der Waals surface area contributed by atoms with Crippen LogP contribution >= 0.6 is 0 Å². The van der Waals surface area contributed by atoms with Crippen LogP contribution in [0, 0.1) is 18.3 Å². The molecule has 2 unspecified atom stereocenters. The van der Waals surface area contributed by atoms with Gasteiger partial charge >= 0.3 is 0 Å². The highest BCUT2D eigenvalue weighted by molar-refractivity contribution is 7.89. The number of primary sulfonamides is 1. The molecule has 1 saturated carbocycles. The lowest BCUT2D eigenvalue weighted by atomic mass is 9.91. The number of hydrogen-bond acceptors (Lipinski definition) is 3. The molecule has 0 aromatic heterocycles. The van der Waals surface area contributed by atoms with E-state index in [1.54, 1.807) is 19.1 Å². The number of anilines is 1. The topological polar surface area (TPSA) is 72.2 Å². The highest BCUT2D eigenvalue weighted by atomic mass is 32.2. The minimum atomic E-state index is -3.67. The zero-order valence-corrected chi connectivity index (χ0v) is 13.4. The van der Waals surface area contributed by atoms with Crippen LogP contribution in [-0.4, -0.2) is 14.5 Å². The van der Waals surface area contributed by atoms with Crippen molar-refractivity contribution in [1.29, 1.82) is 0 Å². The van der Waals surface area contributed by atoms with Gasteiger partial charge in [0.1, 0.15) is 0 Å². The van der Waals surface area contributed by atoms with Gasteiger partial charge in [-0.25, -0.2) is 13.6 Å². The molecular formula is C15H24N2O2S. The Balaban J connectivity index is 2.23. The molecule has 0 saturated heterocycles. The van der Waals surface area contributed by atoms with E-state index >= 15 is 0 Å². The molecule has 0 spiro atoms. The summed E-state index contributed by atoms with van der Waals surface area (Å²) in [7, 11) is -3.67. The Kier molecular flexibility index (Phi) is 3.86. The first kappa shape index (κ1) is 15.3. The number of sulfonamides is 1. The predicted molar refractivity (Wildman–Crippen MR) is 82.1 cm³/mol. The summed E-state index contributed by atoms with van der Waals surface area (Å²) in [5.74, 6) is 0.573. The van der Waals surface area contributed by atoms with Gasteiger partial charge in [0.25, 0.3) is 0 Å². The van der Waals surface area contributed by atoms with Crippen LogP contribution in [0.1, 0.15) is 39.2 Å². The average Bonchev–Trinajstić information content (AvgIpc) is 2.53. The summed E-state index contributed by atoms with van der Waals surface area (Å²) >= 11 is 0. The third-order valence-electron chi connectivity index (χ3n) is 4.18. The van der Waals surface area contributed by atoms with E-state index in [1.165, 1.54) is 6.42 Å². The lowest BCUT2D eigenvalue weighted by Crippen LogP contribution is -2.23. The molecule has 112 valence electrons. The summed E-state index contributed by atoms with van der Waals surface area (Å²) in [4.78, 5) is 0.201. The molecule has 4 nitrogen and oxygen atoms in total. The second-order valence-electron chi connectivity index (χ2n) is 6.83. The highest BCUT2D eigenvalue weighted by Gasteiger charge is 2.36. The lowest BCUT2D eigenvalue weighted by Gasteiger charge is -2.20. The molecule has 0 aliphatic heterocycles. The minimum Gasteiger partial charge on any atom is -0.382 e. The monoisotopic (exact) mass is 296 g/mol. The fourth-order valence-corrected chi connectivity index (χ4v) is 4.11. The molecule has 1 aromatic carbocycles. The van der Waals surface area contributed by atoms with Crippen molar-refractivity contribution >= 4 is 15.7 Å². The van der Waals surface area contributed by atoms with Crippen LogP contribution < -0.4 is 10.5 Å². The normalized spacial score (nSPS) is 25.6. The molecule has 0 radical (unpaired) electrons. The maximum Gasteiger partial charge on any atom is 0.238 e. The summed E-state index contributed by atoms with van der Waals surface area (Å²) in [5.41, 5.74) is 1.84. The summed E-state index contributed by atoms with van der Waals surface area (Å²) in [6.07, 6.45) is 2.27. The lowest BCUT2D eigenvalue weighted by molar-refractivity contribution is 0.366. The van der Waals surface area contributed by atoms with Crippen molar-refractivity contribution < 1.29 is 8.42 Å². The van der Waals surface area contributed by atoms with Crippen molar-refractivity contribution in [3.8, 4) is 0 Å². The van der Waals surface area contributed by atoms with Gasteiger partial charge in [-0.05, 0) is 48.8 Å². The molecule has 0 bridgehead atoms. The Morgan fingerprint density at radius 1 is 1.30 bits per heavy atom. The molecular weight excluding hydrogens is 272 g/mol. The zero-order valence-electron chi connectivity index (χ0n) is 12.6. The van der Waals surface area contributed by atoms with E-state index in [-0.39, 0.29) is 4.90 Å². The summed E-state index contributed by atoms with van der Waals surface area (Å²) in [6, 6.07) is 5.73. The Hall–Kier alpha value is -1.07. The Morgan fingerprint density at radius 3 is 2.45 bits per heavy atom. The number of rotatable bonds is 3. The molecule has 20 heavy (non-hydrogen) atoms. The van der Waals surface area contributed by atoms with Crippen LogP contribution in [0.25, 0.3) is 0 Å². The van der Waals surface area contributed by atoms with Crippen LogP contribution in [0.4, 0.5) is 5.69 Å². The van der Waals surface area contributed by atoms with Crippen molar-refractivity contribution in [3.63, 3.8) is 0 Å². The smallest absolute Gasteiger partial charge is 0.238 e. The molecule has 0 heterocycles. The maximum atomic E-state index is 11.6. The van der Waals surface area contributed by atoms with Gasteiger partial charge in [-0.1, -0.05) is 26.8 Å². The van der Waals surface area contributed by atoms with Gasteiger partial charge in [-0.2, -0.15) is 0 Å². The molecule has 1 aromatic rings. The Morgan fingerprint density at radius 2 is 1.95 bits per heavy atom. The third-order valence-corrected chi connectivity index (χ3v) is 5.23. The Labute approximate surface area is 121 Å². The molecule has 5 heteroatoms. The number of hydrogen-bond donors (Lipinski definition) is 2. The molecule has 1 aliphatic rings. The van der Waals surface area contributed by atoms with E-state index in [4.69, 9.17) is 5.14 Å². The molecule has 3 N–H and O–H groups in total. The first-order chi connectivity index (χ1) is 9.08. The fraction of sp³-hybridized carbons (Fsp3) is 0.600. The van der Waals surface area contributed by atoms with Gasteiger partial charge in [-0.15, -0.1) is 0 Å². The van der Waals surface area contributed by atoms with Crippen LogP contribution in [0.15, 0.2) is 23.1 Å². The first-order valence-electron chi connectivity index (χ1n) is 6.98. The average molecular weight is 296 g/mol. The quantitative estimate of drug-likeness (QED) is 0.901. The van der Waals surface area contributed by atoms with E-state index < -0.39 is 10.0 Å². The maximum absolute atomic E-state index is 11.6. The number of benzene rings is 1. The van der Waals surface area contributed by atoms with Crippen molar-refractivity contribution in [1.82, 2.24) is 0 Å². The third kappa shape index (κ3) is 3.33. The van der Waals surface area contributed by atoms with Crippen LogP contribution in [0.5, 0.6) is 0 Å². The molecule has 0 amide bonds. The number of aryl methyl sites for hydroxylation is 1. The van der Waals surface area contributed by atoms with Crippen molar-refractivity contribution in [2.24, 2.45) is 16.5 Å². The predicted octanol–water partition coefficient (Wildman–Crippen LogP) is 2.88.